The Morgan fingerprint density at radius 1 is 1.56 bits per heavy atom. The van der Waals surface area contributed by atoms with Crippen molar-refractivity contribution in [1.82, 2.24) is 10.2 Å². The topological polar surface area (TPSA) is 92.5 Å². The van der Waals surface area contributed by atoms with Crippen molar-refractivity contribution >= 4 is 17.7 Å². The molecule has 1 aliphatic rings. The van der Waals surface area contributed by atoms with Crippen LogP contribution in [0.4, 0.5) is 0 Å². The summed E-state index contributed by atoms with van der Waals surface area (Å²) in [7, 11) is 0. The van der Waals surface area contributed by atoms with Gasteiger partial charge in [0.1, 0.15) is 6.04 Å². The standard InChI is InChI=1S/C12H19N3O3/c1-7(2)5-15-6-9(11(13)17)4-10(12(15)18)14-8(3)16/h6-7,10H,4-5H2,1-3H3,(H2,13,17)(H,14,16). The fourth-order valence-corrected chi connectivity index (χ4v) is 1.87. The lowest BCUT2D eigenvalue weighted by Gasteiger charge is -2.31. The highest BCUT2D eigenvalue weighted by Crippen LogP contribution is 2.17. The summed E-state index contributed by atoms with van der Waals surface area (Å²) in [5.41, 5.74) is 5.60. The molecule has 1 rings (SSSR count). The predicted molar refractivity (Wildman–Crippen MR) is 66.1 cm³/mol. The van der Waals surface area contributed by atoms with E-state index >= 15 is 0 Å². The average molecular weight is 253 g/mol. The largest absolute Gasteiger partial charge is 0.366 e. The normalized spacial score (nSPS) is 19.8. The van der Waals surface area contributed by atoms with E-state index in [0.29, 0.717) is 12.1 Å². The highest BCUT2D eigenvalue weighted by Gasteiger charge is 2.31. The van der Waals surface area contributed by atoms with Crippen molar-refractivity contribution in [1.29, 1.82) is 0 Å². The zero-order valence-electron chi connectivity index (χ0n) is 10.9. The van der Waals surface area contributed by atoms with E-state index in [1.807, 2.05) is 13.8 Å². The van der Waals surface area contributed by atoms with E-state index in [1.165, 1.54) is 18.0 Å². The van der Waals surface area contributed by atoms with Gasteiger partial charge < -0.3 is 16.0 Å². The fourth-order valence-electron chi connectivity index (χ4n) is 1.87. The third-order valence-electron chi connectivity index (χ3n) is 2.57. The Labute approximate surface area is 106 Å². The molecule has 0 bridgehead atoms. The van der Waals surface area contributed by atoms with Gasteiger partial charge in [0, 0.05) is 31.7 Å². The van der Waals surface area contributed by atoms with E-state index in [2.05, 4.69) is 5.32 Å². The molecule has 3 N–H and O–H groups in total. The lowest BCUT2D eigenvalue weighted by Crippen LogP contribution is -2.50. The first-order valence-corrected chi connectivity index (χ1v) is 5.89. The monoisotopic (exact) mass is 253 g/mol. The van der Waals surface area contributed by atoms with E-state index < -0.39 is 11.9 Å². The average Bonchev–Trinajstić information content (AvgIpc) is 2.22. The Hall–Kier alpha value is -1.85. The van der Waals surface area contributed by atoms with Gasteiger partial charge in [-0.05, 0) is 5.92 Å². The van der Waals surface area contributed by atoms with Gasteiger partial charge >= 0.3 is 0 Å². The molecule has 1 heterocycles. The van der Waals surface area contributed by atoms with Gasteiger partial charge in [0.2, 0.25) is 17.7 Å². The van der Waals surface area contributed by atoms with Crippen LogP contribution in [0.2, 0.25) is 0 Å². The third-order valence-corrected chi connectivity index (χ3v) is 2.57. The van der Waals surface area contributed by atoms with Crippen LogP contribution in [0, 0.1) is 5.92 Å². The van der Waals surface area contributed by atoms with Crippen LogP contribution in [0.25, 0.3) is 0 Å². The molecular weight excluding hydrogens is 234 g/mol. The van der Waals surface area contributed by atoms with Crippen LogP contribution in [-0.4, -0.2) is 35.2 Å². The van der Waals surface area contributed by atoms with Gasteiger partial charge in [-0.15, -0.1) is 0 Å². The molecule has 1 unspecified atom stereocenters. The minimum absolute atomic E-state index is 0.155. The maximum absolute atomic E-state index is 12.1. The van der Waals surface area contributed by atoms with Crippen molar-refractivity contribution in [2.24, 2.45) is 11.7 Å². The van der Waals surface area contributed by atoms with Crippen molar-refractivity contribution in [2.45, 2.75) is 33.2 Å². The second-order valence-electron chi connectivity index (χ2n) is 4.86. The summed E-state index contributed by atoms with van der Waals surface area (Å²) in [6, 6.07) is -0.700. The van der Waals surface area contributed by atoms with Crippen molar-refractivity contribution in [2.75, 3.05) is 6.54 Å². The summed E-state index contributed by atoms with van der Waals surface area (Å²) >= 11 is 0. The molecule has 0 fully saturated rings. The molecule has 0 aromatic rings. The van der Waals surface area contributed by atoms with Gasteiger partial charge in [0.15, 0.2) is 0 Å². The number of amides is 3. The van der Waals surface area contributed by atoms with Gasteiger partial charge in [0.05, 0.1) is 0 Å². The van der Waals surface area contributed by atoms with Crippen molar-refractivity contribution in [3.8, 4) is 0 Å². The first-order chi connectivity index (χ1) is 8.31. The predicted octanol–water partition coefficient (Wildman–Crippen LogP) is -0.251. The summed E-state index contributed by atoms with van der Waals surface area (Å²) in [6.45, 7) is 5.76. The molecule has 0 spiro atoms. The molecule has 1 atom stereocenters. The summed E-state index contributed by atoms with van der Waals surface area (Å²) in [4.78, 5) is 35.8. The summed E-state index contributed by atoms with van der Waals surface area (Å²) in [6.07, 6.45) is 1.64. The van der Waals surface area contributed by atoms with Crippen molar-refractivity contribution in [3.63, 3.8) is 0 Å². The zero-order chi connectivity index (χ0) is 13.9. The zero-order valence-corrected chi connectivity index (χ0v) is 10.9. The molecule has 0 aromatic heterocycles. The second kappa shape index (κ2) is 5.66. The highest BCUT2D eigenvalue weighted by molar-refractivity contribution is 5.97. The van der Waals surface area contributed by atoms with E-state index in [9.17, 15) is 14.4 Å². The number of carbonyl (C=O) groups excluding carboxylic acids is 3. The molecule has 0 aromatic carbocycles. The van der Waals surface area contributed by atoms with Crippen LogP contribution in [0.15, 0.2) is 11.8 Å². The summed E-state index contributed by atoms with van der Waals surface area (Å²) in [5.74, 6) is -0.811. The molecule has 6 heteroatoms. The number of nitrogens with two attached hydrogens (primary N) is 1. The minimum atomic E-state index is -0.700. The Morgan fingerprint density at radius 2 is 2.17 bits per heavy atom. The number of primary amides is 1. The molecule has 0 aliphatic carbocycles. The number of hydrogen-bond donors (Lipinski definition) is 2. The Morgan fingerprint density at radius 3 is 2.61 bits per heavy atom. The van der Waals surface area contributed by atoms with Gasteiger partial charge in [-0.1, -0.05) is 13.8 Å². The van der Waals surface area contributed by atoms with Crippen molar-refractivity contribution in [3.05, 3.63) is 11.8 Å². The van der Waals surface area contributed by atoms with Crippen LogP contribution < -0.4 is 11.1 Å². The quantitative estimate of drug-likeness (QED) is 0.723. The Kier molecular flexibility index (Phi) is 4.47. The van der Waals surface area contributed by atoms with Crippen LogP contribution in [-0.2, 0) is 14.4 Å². The first-order valence-electron chi connectivity index (χ1n) is 5.89. The molecule has 100 valence electrons. The van der Waals surface area contributed by atoms with Crippen LogP contribution in [0.1, 0.15) is 27.2 Å². The number of rotatable bonds is 4. The maximum Gasteiger partial charge on any atom is 0.249 e. The lowest BCUT2D eigenvalue weighted by atomic mass is 10.00. The summed E-state index contributed by atoms with van der Waals surface area (Å²) < 4.78 is 0. The van der Waals surface area contributed by atoms with E-state index in [1.54, 1.807) is 0 Å². The number of nitrogens with zero attached hydrogens (tertiary/aromatic N) is 1. The van der Waals surface area contributed by atoms with Crippen LogP contribution >= 0.6 is 0 Å². The molecule has 18 heavy (non-hydrogen) atoms. The number of hydrogen-bond acceptors (Lipinski definition) is 3. The highest BCUT2D eigenvalue weighted by atomic mass is 16.2. The molecule has 1 aliphatic heterocycles. The third kappa shape index (κ3) is 3.58. The Bertz CT molecular complexity index is 401. The molecule has 0 saturated heterocycles. The molecule has 3 amide bonds. The van der Waals surface area contributed by atoms with Gasteiger partial charge in [-0.3, -0.25) is 14.4 Å². The van der Waals surface area contributed by atoms with Gasteiger partial charge in [0.25, 0.3) is 0 Å². The Balaban J connectivity index is 2.94. The number of nitrogens with one attached hydrogen (secondary N) is 1. The summed E-state index contributed by atoms with van der Waals surface area (Å²) in [5, 5.41) is 2.54. The van der Waals surface area contributed by atoms with Crippen LogP contribution in [0.5, 0.6) is 0 Å². The first kappa shape index (κ1) is 14.2. The SMILES string of the molecule is CC(=O)NC1CC(C(N)=O)=CN(CC(C)C)C1=O. The molecule has 0 radical (unpaired) electrons. The molecular formula is C12H19N3O3. The van der Waals surface area contributed by atoms with E-state index in [4.69, 9.17) is 5.73 Å². The lowest BCUT2D eigenvalue weighted by molar-refractivity contribution is -0.135. The maximum atomic E-state index is 12.1. The molecule has 0 saturated carbocycles. The van der Waals surface area contributed by atoms with Crippen LogP contribution in [0.3, 0.4) is 0 Å². The van der Waals surface area contributed by atoms with Gasteiger partial charge in [-0.25, -0.2) is 0 Å². The number of carbonyl (C=O) groups is 3. The molecule has 6 nitrogen and oxygen atoms in total. The van der Waals surface area contributed by atoms with E-state index in [0.717, 1.165) is 0 Å². The second-order valence-corrected chi connectivity index (χ2v) is 4.86. The van der Waals surface area contributed by atoms with Crippen molar-refractivity contribution < 1.29 is 14.4 Å². The fraction of sp³-hybridized carbons (Fsp3) is 0.583. The minimum Gasteiger partial charge on any atom is -0.366 e. The van der Waals surface area contributed by atoms with Gasteiger partial charge in [-0.2, -0.15) is 0 Å². The smallest absolute Gasteiger partial charge is 0.249 e. The van der Waals surface area contributed by atoms with E-state index in [-0.39, 0.29) is 24.2 Å².